The first kappa shape index (κ1) is 16.9. The number of aromatic nitrogens is 2. The number of rotatable bonds is 7. The van der Waals surface area contributed by atoms with Crippen molar-refractivity contribution < 1.29 is 9.18 Å². The van der Waals surface area contributed by atoms with Crippen molar-refractivity contribution in [1.82, 2.24) is 15.3 Å². The summed E-state index contributed by atoms with van der Waals surface area (Å²) in [5.41, 5.74) is 0.890. The Bertz CT molecular complexity index is 675. The minimum atomic E-state index is -0.286. The third-order valence-electron chi connectivity index (χ3n) is 3.26. The van der Waals surface area contributed by atoms with E-state index in [0.29, 0.717) is 35.9 Å². The molecule has 0 atom stereocenters. The van der Waals surface area contributed by atoms with Crippen molar-refractivity contribution in [2.24, 2.45) is 0 Å². The highest BCUT2D eigenvalue weighted by atomic mass is 19.1. The molecule has 6 heteroatoms. The van der Waals surface area contributed by atoms with Crippen molar-refractivity contribution in [1.29, 1.82) is 0 Å². The first-order valence-electron chi connectivity index (χ1n) is 7.71. The molecule has 1 aromatic heterocycles. The summed E-state index contributed by atoms with van der Waals surface area (Å²) in [6.07, 6.45) is 1.40. The molecule has 0 aliphatic rings. The van der Waals surface area contributed by atoms with Crippen LogP contribution >= 0.6 is 0 Å². The number of aryl methyl sites for hydroxylation is 1. The normalized spacial score (nSPS) is 10.4. The highest BCUT2D eigenvalue weighted by Gasteiger charge is 2.10. The number of carbonyl (C=O) groups excluding carboxylic acids is 1. The summed E-state index contributed by atoms with van der Waals surface area (Å²) in [7, 11) is 0. The molecule has 2 aromatic rings. The van der Waals surface area contributed by atoms with Crippen LogP contribution in [-0.2, 0) is 6.42 Å². The highest BCUT2D eigenvalue weighted by Crippen LogP contribution is 2.08. The van der Waals surface area contributed by atoms with E-state index in [1.807, 2.05) is 0 Å². The van der Waals surface area contributed by atoms with Crippen LogP contribution in [0, 0.1) is 12.7 Å². The molecule has 5 nitrogen and oxygen atoms in total. The van der Waals surface area contributed by atoms with E-state index in [4.69, 9.17) is 0 Å². The topological polar surface area (TPSA) is 66.9 Å². The summed E-state index contributed by atoms with van der Waals surface area (Å²) in [4.78, 5) is 20.6. The SMILES string of the molecule is CCCNc1cc(C(=O)NCCc2ccccc2F)nc(C)n1. The van der Waals surface area contributed by atoms with E-state index in [-0.39, 0.29) is 11.7 Å². The number of benzene rings is 1. The molecule has 1 amide bonds. The minimum absolute atomic E-state index is 0.259. The molecule has 1 aromatic carbocycles. The van der Waals surface area contributed by atoms with Gasteiger partial charge in [-0.1, -0.05) is 25.1 Å². The third-order valence-corrected chi connectivity index (χ3v) is 3.26. The molecule has 0 saturated carbocycles. The van der Waals surface area contributed by atoms with Gasteiger partial charge in [0.1, 0.15) is 23.2 Å². The van der Waals surface area contributed by atoms with Crippen molar-refractivity contribution >= 4 is 11.7 Å². The average Bonchev–Trinajstić information content (AvgIpc) is 2.54. The Morgan fingerprint density at radius 3 is 2.74 bits per heavy atom. The molecule has 0 fully saturated rings. The van der Waals surface area contributed by atoms with Gasteiger partial charge in [0.05, 0.1) is 0 Å². The van der Waals surface area contributed by atoms with Gasteiger partial charge in [0.2, 0.25) is 0 Å². The second-order valence-corrected chi connectivity index (χ2v) is 5.21. The summed E-state index contributed by atoms with van der Waals surface area (Å²) in [6.45, 7) is 4.93. The molecule has 122 valence electrons. The third kappa shape index (κ3) is 5.02. The predicted molar refractivity (Wildman–Crippen MR) is 88.0 cm³/mol. The number of amides is 1. The van der Waals surface area contributed by atoms with Crippen molar-refractivity contribution in [3.8, 4) is 0 Å². The largest absolute Gasteiger partial charge is 0.370 e. The predicted octanol–water partition coefficient (Wildman–Crippen LogP) is 2.72. The Labute approximate surface area is 135 Å². The molecule has 1 heterocycles. The molecule has 0 radical (unpaired) electrons. The van der Waals surface area contributed by atoms with E-state index in [1.165, 1.54) is 6.07 Å². The number of nitrogens with zero attached hydrogens (tertiary/aromatic N) is 2. The molecular weight excluding hydrogens is 295 g/mol. The van der Waals surface area contributed by atoms with E-state index >= 15 is 0 Å². The lowest BCUT2D eigenvalue weighted by atomic mass is 10.1. The van der Waals surface area contributed by atoms with Gasteiger partial charge in [-0.2, -0.15) is 0 Å². The Kier molecular flexibility index (Phi) is 6.02. The first-order chi connectivity index (χ1) is 11.1. The van der Waals surface area contributed by atoms with Crippen LogP contribution in [0.5, 0.6) is 0 Å². The maximum atomic E-state index is 13.5. The quantitative estimate of drug-likeness (QED) is 0.824. The van der Waals surface area contributed by atoms with Gasteiger partial charge < -0.3 is 10.6 Å². The Hall–Kier alpha value is -2.50. The van der Waals surface area contributed by atoms with Gasteiger partial charge in [0.15, 0.2) is 0 Å². The first-order valence-corrected chi connectivity index (χ1v) is 7.71. The monoisotopic (exact) mass is 316 g/mol. The molecule has 0 unspecified atom stereocenters. The van der Waals surface area contributed by atoms with E-state index < -0.39 is 0 Å². The van der Waals surface area contributed by atoms with Gasteiger partial charge >= 0.3 is 0 Å². The number of hydrogen-bond donors (Lipinski definition) is 2. The number of halogens is 1. The Balaban J connectivity index is 1.95. The van der Waals surface area contributed by atoms with Crippen molar-refractivity contribution in [2.45, 2.75) is 26.7 Å². The van der Waals surface area contributed by atoms with Crippen molar-refractivity contribution in [2.75, 3.05) is 18.4 Å². The lowest BCUT2D eigenvalue weighted by Crippen LogP contribution is -2.27. The average molecular weight is 316 g/mol. The lowest BCUT2D eigenvalue weighted by Gasteiger charge is -2.09. The van der Waals surface area contributed by atoms with Crippen molar-refractivity contribution in [3.63, 3.8) is 0 Å². The molecule has 0 bridgehead atoms. The highest BCUT2D eigenvalue weighted by molar-refractivity contribution is 5.92. The summed E-state index contributed by atoms with van der Waals surface area (Å²) in [5, 5.41) is 5.90. The molecule has 0 spiro atoms. The molecule has 2 N–H and O–H groups in total. The minimum Gasteiger partial charge on any atom is -0.370 e. The van der Waals surface area contributed by atoms with Crippen LogP contribution in [0.15, 0.2) is 30.3 Å². The number of anilines is 1. The van der Waals surface area contributed by atoms with Gasteiger partial charge in [-0.15, -0.1) is 0 Å². The van der Waals surface area contributed by atoms with Gasteiger partial charge in [-0.3, -0.25) is 4.79 Å². The zero-order valence-corrected chi connectivity index (χ0v) is 13.4. The molecule has 23 heavy (non-hydrogen) atoms. The van der Waals surface area contributed by atoms with Gasteiger partial charge in [-0.05, 0) is 31.4 Å². The summed E-state index contributed by atoms with van der Waals surface area (Å²) in [5.74, 6) is 0.626. The summed E-state index contributed by atoms with van der Waals surface area (Å²) in [6, 6.07) is 8.17. The van der Waals surface area contributed by atoms with Gasteiger partial charge in [0.25, 0.3) is 5.91 Å². The van der Waals surface area contributed by atoms with Crippen LogP contribution < -0.4 is 10.6 Å². The zero-order valence-electron chi connectivity index (χ0n) is 13.4. The van der Waals surface area contributed by atoms with Crippen LogP contribution in [0.3, 0.4) is 0 Å². The fraction of sp³-hybridized carbons (Fsp3) is 0.353. The van der Waals surface area contributed by atoms with Gasteiger partial charge in [0, 0.05) is 19.2 Å². The zero-order chi connectivity index (χ0) is 16.7. The number of nitrogens with one attached hydrogen (secondary N) is 2. The fourth-order valence-corrected chi connectivity index (χ4v) is 2.13. The molecule has 2 rings (SSSR count). The van der Waals surface area contributed by atoms with Crippen LogP contribution in [0.1, 0.15) is 35.2 Å². The standard InChI is InChI=1S/C17H21FN4O/c1-3-9-19-16-11-15(21-12(2)22-16)17(23)20-10-8-13-6-4-5-7-14(13)18/h4-7,11H,3,8-10H2,1-2H3,(H,20,23)(H,19,21,22). The molecule has 0 aliphatic heterocycles. The molecule has 0 aliphatic carbocycles. The van der Waals surface area contributed by atoms with Crippen LogP contribution in [0.4, 0.5) is 10.2 Å². The van der Waals surface area contributed by atoms with E-state index in [2.05, 4.69) is 27.5 Å². The Morgan fingerprint density at radius 1 is 1.22 bits per heavy atom. The molecule has 0 saturated heterocycles. The van der Waals surface area contributed by atoms with Crippen LogP contribution in [-0.4, -0.2) is 29.0 Å². The summed E-state index contributed by atoms with van der Waals surface area (Å²) < 4.78 is 13.5. The van der Waals surface area contributed by atoms with E-state index in [0.717, 1.165) is 13.0 Å². The van der Waals surface area contributed by atoms with Crippen LogP contribution in [0.25, 0.3) is 0 Å². The van der Waals surface area contributed by atoms with E-state index in [1.54, 1.807) is 31.2 Å². The lowest BCUT2D eigenvalue weighted by molar-refractivity contribution is 0.0948. The van der Waals surface area contributed by atoms with Gasteiger partial charge in [-0.25, -0.2) is 14.4 Å². The molecular formula is C17H21FN4O. The smallest absolute Gasteiger partial charge is 0.270 e. The second-order valence-electron chi connectivity index (χ2n) is 5.21. The van der Waals surface area contributed by atoms with E-state index in [9.17, 15) is 9.18 Å². The Morgan fingerprint density at radius 2 is 2.00 bits per heavy atom. The maximum Gasteiger partial charge on any atom is 0.270 e. The second kappa shape index (κ2) is 8.22. The van der Waals surface area contributed by atoms with Crippen LogP contribution in [0.2, 0.25) is 0 Å². The summed E-state index contributed by atoms with van der Waals surface area (Å²) >= 11 is 0. The maximum absolute atomic E-state index is 13.5. The fourth-order valence-electron chi connectivity index (χ4n) is 2.13. The number of hydrogen-bond acceptors (Lipinski definition) is 4. The van der Waals surface area contributed by atoms with Crippen molar-refractivity contribution in [3.05, 3.63) is 53.2 Å². The number of carbonyl (C=O) groups is 1.